The lowest BCUT2D eigenvalue weighted by atomic mass is 9.98. The van der Waals surface area contributed by atoms with Crippen molar-refractivity contribution in [2.45, 2.75) is 263 Å². The van der Waals surface area contributed by atoms with Crippen molar-refractivity contribution in [2.75, 3.05) is 13.2 Å². The molecule has 1 rings (SSSR count). The normalized spacial score (nSPS) is 18.8. The third-order valence-corrected chi connectivity index (χ3v) is 12.9. The summed E-state index contributed by atoms with van der Waals surface area (Å²) in [7, 11) is 0. The summed E-state index contributed by atoms with van der Waals surface area (Å²) in [5, 5.41) is 31.5. The molecule has 0 radical (unpaired) electrons. The SMILES string of the molecule is CC/C=C\C/C=C\C/C=C\C/C=C\C/C=C\C/C=C\CCC(=O)OC1C(OCC(COC(=O)CCCCCCC/C=C\C/C=C\C/C=C\CC)OC(=O)CCCCCCCCCCCCCCC)OC(C(=O)O)C(O)C1O. The molecule has 12 heteroatoms. The molecule has 1 aliphatic rings. The van der Waals surface area contributed by atoms with Crippen LogP contribution in [0.4, 0.5) is 0 Å². The highest BCUT2D eigenvalue weighted by Crippen LogP contribution is 2.26. The summed E-state index contributed by atoms with van der Waals surface area (Å²) >= 11 is 0. The summed E-state index contributed by atoms with van der Waals surface area (Å²) < 4.78 is 28.3. The van der Waals surface area contributed by atoms with Crippen LogP contribution in [0, 0.1) is 0 Å². The molecule has 0 bridgehead atoms. The molecule has 1 saturated heterocycles. The molecule has 3 N–H and O–H groups in total. The minimum atomic E-state index is -1.93. The maximum Gasteiger partial charge on any atom is 0.335 e. The van der Waals surface area contributed by atoms with Gasteiger partial charge in [-0.1, -0.05) is 226 Å². The minimum absolute atomic E-state index is 0.0703. The fraction of sp³-hybridized carbons (Fsp3) is 0.662. The van der Waals surface area contributed by atoms with Gasteiger partial charge in [0.2, 0.25) is 0 Å². The van der Waals surface area contributed by atoms with E-state index in [1.54, 1.807) is 0 Å². The van der Waals surface area contributed by atoms with E-state index in [9.17, 15) is 34.5 Å². The van der Waals surface area contributed by atoms with Crippen molar-refractivity contribution in [3.8, 4) is 0 Å². The average molecular weight is 1080 g/mol. The van der Waals surface area contributed by atoms with Gasteiger partial charge in [-0.15, -0.1) is 0 Å². The third-order valence-electron chi connectivity index (χ3n) is 12.9. The van der Waals surface area contributed by atoms with Gasteiger partial charge in [0.1, 0.15) is 18.8 Å². The molecule has 6 unspecified atom stereocenters. The van der Waals surface area contributed by atoms with E-state index in [-0.39, 0.29) is 25.9 Å². The van der Waals surface area contributed by atoms with Crippen molar-refractivity contribution in [1.29, 1.82) is 0 Å². The number of carbonyl (C=O) groups excluding carboxylic acids is 3. The lowest BCUT2D eigenvalue weighted by molar-refractivity contribution is -0.301. The van der Waals surface area contributed by atoms with Crippen LogP contribution >= 0.6 is 0 Å². The maximum atomic E-state index is 13.1. The van der Waals surface area contributed by atoms with Crippen molar-refractivity contribution in [1.82, 2.24) is 0 Å². The molecule has 1 heterocycles. The average Bonchev–Trinajstić information content (AvgIpc) is 3.42. The van der Waals surface area contributed by atoms with Crippen molar-refractivity contribution in [3.63, 3.8) is 0 Å². The lowest BCUT2D eigenvalue weighted by Crippen LogP contribution is -2.61. The summed E-state index contributed by atoms with van der Waals surface area (Å²) in [6, 6.07) is 0. The zero-order valence-electron chi connectivity index (χ0n) is 47.9. The van der Waals surface area contributed by atoms with Crippen LogP contribution in [0.1, 0.15) is 226 Å². The van der Waals surface area contributed by atoms with E-state index in [4.69, 9.17) is 23.7 Å². The predicted molar refractivity (Wildman–Crippen MR) is 312 cm³/mol. The number of hydrogen-bond acceptors (Lipinski definition) is 11. The second-order valence-corrected chi connectivity index (χ2v) is 19.9. The van der Waals surface area contributed by atoms with Crippen LogP contribution in [0.2, 0.25) is 0 Å². The number of carboxylic acids is 1. The fourth-order valence-corrected chi connectivity index (χ4v) is 8.35. The molecule has 0 spiro atoms. The predicted octanol–water partition coefficient (Wildman–Crippen LogP) is 15.4. The van der Waals surface area contributed by atoms with Crippen LogP contribution < -0.4 is 0 Å². The topological polar surface area (TPSA) is 175 Å². The van der Waals surface area contributed by atoms with Crippen molar-refractivity contribution in [2.24, 2.45) is 0 Å². The molecule has 77 heavy (non-hydrogen) atoms. The number of aliphatic hydroxyl groups excluding tert-OH is 2. The highest BCUT2D eigenvalue weighted by atomic mass is 16.7. The van der Waals surface area contributed by atoms with Gasteiger partial charge < -0.3 is 39.0 Å². The number of esters is 3. The highest BCUT2D eigenvalue weighted by molar-refractivity contribution is 5.74. The molecule has 0 amide bonds. The first-order chi connectivity index (χ1) is 37.6. The molecule has 0 aromatic carbocycles. The number of hydrogen-bond donors (Lipinski definition) is 3. The molecule has 436 valence electrons. The Labute approximate surface area is 465 Å². The Balaban J connectivity index is 2.74. The zero-order chi connectivity index (χ0) is 56.1. The standard InChI is InChI=1S/C65H104O12/c1-4-7-10-13-16-19-22-25-27-28-29-30-32-35-38-41-44-47-50-53-59(68)76-63-61(70)60(69)62(64(71)72)77-65(63)74-55-56(75-58(67)52-49-46-43-40-37-33-24-21-18-15-12-9-6-3)54-73-57(66)51-48-45-42-39-36-34-31-26-23-20-17-14-11-8-5-2/h7-8,10-11,16-17,19-20,25-27,29-31,35,38,44,47,56,60-63,65,69-70H,4-6,9,12-15,18,21-24,28,32-34,36-37,39-43,45-46,48-55H2,1-3H3,(H,71,72)/b10-7-,11-8-,19-16-,20-17-,27-25-,30-29-,31-26-,38-35-,47-44-. The molecule has 0 aliphatic carbocycles. The Kier molecular flexibility index (Phi) is 47.6. The highest BCUT2D eigenvalue weighted by Gasteiger charge is 2.50. The Hall–Kier alpha value is -4.62. The quantitative estimate of drug-likeness (QED) is 0.0228. The van der Waals surface area contributed by atoms with E-state index >= 15 is 0 Å². The summed E-state index contributed by atoms with van der Waals surface area (Å²) in [5.41, 5.74) is 0. The number of allylic oxidation sites excluding steroid dienone is 18. The second-order valence-electron chi connectivity index (χ2n) is 19.9. The minimum Gasteiger partial charge on any atom is -0.479 e. The summed E-state index contributed by atoms with van der Waals surface area (Å²) in [5.74, 6) is -3.26. The van der Waals surface area contributed by atoms with E-state index in [0.717, 1.165) is 103 Å². The number of aliphatic hydroxyl groups is 2. The van der Waals surface area contributed by atoms with Gasteiger partial charge in [-0.25, -0.2) is 4.79 Å². The van der Waals surface area contributed by atoms with E-state index in [0.29, 0.717) is 25.7 Å². The molecular formula is C65H104O12. The van der Waals surface area contributed by atoms with Crippen molar-refractivity contribution in [3.05, 3.63) is 109 Å². The summed E-state index contributed by atoms with van der Waals surface area (Å²) in [6.45, 7) is 5.72. The van der Waals surface area contributed by atoms with Gasteiger partial charge in [0, 0.05) is 19.3 Å². The van der Waals surface area contributed by atoms with Crippen molar-refractivity contribution >= 4 is 23.9 Å². The molecule has 6 atom stereocenters. The first kappa shape index (κ1) is 70.4. The molecule has 1 aliphatic heterocycles. The molecule has 0 aromatic rings. The Morgan fingerprint density at radius 2 is 0.844 bits per heavy atom. The van der Waals surface area contributed by atoms with Crippen LogP contribution in [0.5, 0.6) is 0 Å². The largest absolute Gasteiger partial charge is 0.479 e. The number of unbranched alkanes of at least 4 members (excludes halogenated alkanes) is 17. The summed E-state index contributed by atoms with van der Waals surface area (Å²) in [4.78, 5) is 51.1. The molecule has 0 aromatic heterocycles. The Morgan fingerprint density at radius 3 is 1.30 bits per heavy atom. The van der Waals surface area contributed by atoms with Crippen LogP contribution in [-0.2, 0) is 42.9 Å². The van der Waals surface area contributed by atoms with E-state index < -0.39 is 67.3 Å². The first-order valence-electron chi connectivity index (χ1n) is 29.9. The monoisotopic (exact) mass is 1080 g/mol. The van der Waals surface area contributed by atoms with Gasteiger partial charge in [0.05, 0.1) is 6.61 Å². The van der Waals surface area contributed by atoms with E-state index in [2.05, 4.69) is 112 Å². The zero-order valence-corrected chi connectivity index (χ0v) is 47.9. The molecule has 12 nitrogen and oxygen atoms in total. The van der Waals surface area contributed by atoms with Gasteiger partial charge in [0.25, 0.3) is 0 Å². The second kappa shape index (κ2) is 52.1. The van der Waals surface area contributed by atoms with Crippen LogP contribution in [-0.4, -0.2) is 89.2 Å². The fourth-order valence-electron chi connectivity index (χ4n) is 8.35. The Morgan fingerprint density at radius 1 is 0.442 bits per heavy atom. The first-order valence-corrected chi connectivity index (χ1v) is 29.9. The maximum absolute atomic E-state index is 13.1. The number of ether oxygens (including phenoxy) is 5. The number of carbonyl (C=O) groups is 4. The summed E-state index contributed by atoms with van der Waals surface area (Å²) in [6.07, 6.45) is 57.8. The van der Waals surface area contributed by atoms with Gasteiger partial charge in [0.15, 0.2) is 24.6 Å². The lowest BCUT2D eigenvalue weighted by Gasteiger charge is -2.40. The van der Waals surface area contributed by atoms with E-state index in [1.165, 1.54) is 57.8 Å². The van der Waals surface area contributed by atoms with Crippen LogP contribution in [0.15, 0.2) is 109 Å². The molecular weight excluding hydrogens is 973 g/mol. The number of aliphatic carboxylic acids is 1. The van der Waals surface area contributed by atoms with Gasteiger partial charge in [-0.05, 0) is 89.9 Å². The third kappa shape index (κ3) is 42.1. The number of rotatable bonds is 49. The van der Waals surface area contributed by atoms with Gasteiger partial charge in [-0.2, -0.15) is 0 Å². The molecule has 1 fully saturated rings. The van der Waals surface area contributed by atoms with Gasteiger partial charge >= 0.3 is 23.9 Å². The Bertz CT molecular complexity index is 1750. The van der Waals surface area contributed by atoms with Gasteiger partial charge in [-0.3, -0.25) is 14.4 Å². The van der Waals surface area contributed by atoms with Crippen LogP contribution in [0.3, 0.4) is 0 Å². The van der Waals surface area contributed by atoms with Crippen LogP contribution in [0.25, 0.3) is 0 Å². The van der Waals surface area contributed by atoms with E-state index in [1.807, 2.05) is 18.2 Å². The molecule has 0 saturated carbocycles. The smallest absolute Gasteiger partial charge is 0.335 e. The number of carboxylic acid groups (broad SMARTS) is 1. The van der Waals surface area contributed by atoms with Crippen molar-refractivity contribution < 1.29 is 58.2 Å².